The van der Waals surface area contributed by atoms with Crippen molar-refractivity contribution in [2.75, 3.05) is 29.6 Å². The minimum atomic E-state index is -2.97. The standard InChI is InChI=1S/C11H17N3O3S/c1-18(16,17)8-2-7-13-11(15)14-10-5-3-9(12)4-6-10/h3-6H,2,7-8,12H2,1H3,(H2,13,14,15). The molecule has 0 saturated heterocycles. The van der Waals surface area contributed by atoms with E-state index in [-0.39, 0.29) is 11.8 Å². The molecule has 4 N–H and O–H groups in total. The van der Waals surface area contributed by atoms with Crippen molar-refractivity contribution in [3.63, 3.8) is 0 Å². The summed E-state index contributed by atoms with van der Waals surface area (Å²) in [5.41, 5.74) is 6.76. The molecule has 0 radical (unpaired) electrons. The van der Waals surface area contributed by atoms with Gasteiger partial charge in [0, 0.05) is 24.2 Å². The van der Waals surface area contributed by atoms with Crippen molar-refractivity contribution in [1.82, 2.24) is 5.32 Å². The van der Waals surface area contributed by atoms with E-state index in [1.54, 1.807) is 24.3 Å². The van der Waals surface area contributed by atoms with Crippen molar-refractivity contribution in [2.45, 2.75) is 6.42 Å². The van der Waals surface area contributed by atoms with Gasteiger partial charge in [-0.2, -0.15) is 0 Å². The zero-order valence-corrected chi connectivity index (χ0v) is 11.0. The van der Waals surface area contributed by atoms with Crippen LogP contribution in [0.25, 0.3) is 0 Å². The molecule has 1 aromatic rings. The van der Waals surface area contributed by atoms with Crippen LogP contribution in [0.5, 0.6) is 0 Å². The molecule has 0 heterocycles. The zero-order chi connectivity index (χ0) is 13.6. The molecular formula is C11H17N3O3S. The van der Waals surface area contributed by atoms with E-state index < -0.39 is 9.84 Å². The molecule has 0 atom stereocenters. The van der Waals surface area contributed by atoms with E-state index in [2.05, 4.69) is 10.6 Å². The Balaban J connectivity index is 2.28. The average molecular weight is 271 g/mol. The number of anilines is 2. The van der Waals surface area contributed by atoms with E-state index in [9.17, 15) is 13.2 Å². The molecule has 0 fully saturated rings. The summed E-state index contributed by atoms with van der Waals surface area (Å²) in [4.78, 5) is 11.4. The number of hydrogen-bond acceptors (Lipinski definition) is 4. The molecule has 1 rings (SSSR count). The van der Waals surface area contributed by atoms with Gasteiger partial charge in [-0.25, -0.2) is 13.2 Å². The van der Waals surface area contributed by atoms with E-state index in [0.29, 0.717) is 24.3 Å². The lowest BCUT2D eigenvalue weighted by Gasteiger charge is -2.07. The van der Waals surface area contributed by atoms with E-state index in [1.807, 2.05) is 0 Å². The second-order valence-electron chi connectivity index (χ2n) is 3.99. The van der Waals surface area contributed by atoms with Crippen molar-refractivity contribution in [2.24, 2.45) is 0 Å². The number of nitrogen functional groups attached to an aromatic ring is 1. The third-order valence-electron chi connectivity index (χ3n) is 2.15. The Morgan fingerprint density at radius 3 is 2.44 bits per heavy atom. The van der Waals surface area contributed by atoms with Gasteiger partial charge in [-0.05, 0) is 30.7 Å². The highest BCUT2D eigenvalue weighted by Gasteiger charge is 2.03. The van der Waals surface area contributed by atoms with E-state index in [4.69, 9.17) is 5.73 Å². The number of nitrogens with two attached hydrogens (primary N) is 1. The largest absolute Gasteiger partial charge is 0.399 e. The summed E-state index contributed by atoms with van der Waals surface area (Å²) in [6.07, 6.45) is 1.56. The number of nitrogens with one attached hydrogen (secondary N) is 2. The first-order chi connectivity index (χ1) is 8.37. The lowest BCUT2D eigenvalue weighted by Crippen LogP contribution is -2.30. The molecule has 2 amide bonds. The number of rotatable bonds is 5. The Kier molecular flexibility index (Phi) is 4.96. The topological polar surface area (TPSA) is 101 Å². The molecular weight excluding hydrogens is 254 g/mol. The fraction of sp³-hybridized carbons (Fsp3) is 0.364. The summed E-state index contributed by atoms with van der Waals surface area (Å²) in [6, 6.07) is 6.36. The monoisotopic (exact) mass is 271 g/mol. The van der Waals surface area contributed by atoms with Crippen LogP contribution < -0.4 is 16.4 Å². The van der Waals surface area contributed by atoms with Crippen LogP contribution in [0.4, 0.5) is 16.2 Å². The Bertz CT molecular complexity index is 497. The minimum absolute atomic E-state index is 0.0646. The first-order valence-corrected chi connectivity index (χ1v) is 7.51. The molecule has 0 bridgehead atoms. The number of carbonyl (C=O) groups is 1. The second-order valence-corrected chi connectivity index (χ2v) is 6.25. The normalized spacial score (nSPS) is 10.9. The second kappa shape index (κ2) is 6.25. The highest BCUT2D eigenvalue weighted by molar-refractivity contribution is 7.90. The molecule has 0 aliphatic carbocycles. The fourth-order valence-corrected chi connectivity index (χ4v) is 1.95. The highest BCUT2D eigenvalue weighted by Crippen LogP contribution is 2.09. The fourth-order valence-electron chi connectivity index (χ4n) is 1.28. The molecule has 1 aromatic carbocycles. The van der Waals surface area contributed by atoms with Crippen LogP contribution in [0.2, 0.25) is 0 Å². The van der Waals surface area contributed by atoms with Gasteiger partial charge in [0.05, 0.1) is 5.75 Å². The van der Waals surface area contributed by atoms with Crippen LogP contribution in [0.15, 0.2) is 24.3 Å². The van der Waals surface area contributed by atoms with Crippen LogP contribution in [0.1, 0.15) is 6.42 Å². The molecule has 6 nitrogen and oxygen atoms in total. The predicted molar refractivity (Wildman–Crippen MR) is 72.2 cm³/mol. The first kappa shape index (κ1) is 14.3. The number of benzene rings is 1. The van der Waals surface area contributed by atoms with Crippen LogP contribution in [0.3, 0.4) is 0 Å². The van der Waals surface area contributed by atoms with E-state index >= 15 is 0 Å². The van der Waals surface area contributed by atoms with E-state index in [0.717, 1.165) is 0 Å². The lowest BCUT2D eigenvalue weighted by molar-refractivity contribution is 0.252. The lowest BCUT2D eigenvalue weighted by atomic mass is 10.3. The number of urea groups is 1. The van der Waals surface area contributed by atoms with Crippen LogP contribution >= 0.6 is 0 Å². The maximum atomic E-state index is 11.4. The van der Waals surface area contributed by atoms with Gasteiger partial charge in [0.25, 0.3) is 0 Å². The first-order valence-electron chi connectivity index (χ1n) is 5.45. The summed E-state index contributed by atoms with van der Waals surface area (Å²) in [7, 11) is -2.97. The molecule has 0 saturated carbocycles. The molecule has 0 aliphatic rings. The summed E-state index contributed by atoms with van der Waals surface area (Å²) in [6.45, 7) is 0.313. The maximum Gasteiger partial charge on any atom is 0.319 e. The predicted octanol–water partition coefficient (Wildman–Crippen LogP) is 0.825. The SMILES string of the molecule is CS(=O)(=O)CCCNC(=O)Nc1ccc(N)cc1. The number of hydrogen-bond donors (Lipinski definition) is 3. The molecule has 100 valence electrons. The summed E-state index contributed by atoms with van der Waals surface area (Å²) >= 11 is 0. The Morgan fingerprint density at radius 1 is 1.28 bits per heavy atom. The van der Waals surface area contributed by atoms with Crippen molar-refractivity contribution in [3.8, 4) is 0 Å². The average Bonchev–Trinajstić information content (AvgIpc) is 2.26. The van der Waals surface area contributed by atoms with Crippen molar-refractivity contribution >= 4 is 27.2 Å². The van der Waals surface area contributed by atoms with E-state index in [1.165, 1.54) is 6.26 Å². The molecule has 7 heteroatoms. The van der Waals surface area contributed by atoms with Crippen LogP contribution in [-0.4, -0.2) is 33.0 Å². The van der Waals surface area contributed by atoms with Crippen molar-refractivity contribution in [3.05, 3.63) is 24.3 Å². The smallest absolute Gasteiger partial charge is 0.319 e. The molecule has 0 aromatic heterocycles. The minimum Gasteiger partial charge on any atom is -0.399 e. The molecule has 0 unspecified atom stereocenters. The number of sulfone groups is 1. The molecule has 18 heavy (non-hydrogen) atoms. The van der Waals surface area contributed by atoms with Crippen LogP contribution in [-0.2, 0) is 9.84 Å². The Morgan fingerprint density at radius 2 is 1.89 bits per heavy atom. The van der Waals surface area contributed by atoms with Crippen LogP contribution in [0, 0.1) is 0 Å². The number of carbonyl (C=O) groups excluding carboxylic acids is 1. The number of amides is 2. The maximum absolute atomic E-state index is 11.4. The van der Waals surface area contributed by atoms with Gasteiger partial charge >= 0.3 is 6.03 Å². The van der Waals surface area contributed by atoms with Gasteiger partial charge in [0.15, 0.2) is 0 Å². The summed E-state index contributed by atoms with van der Waals surface area (Å²) in [5.74, 6) is 0.0646. The zero-order valence-electron chi connectivity index (χ0n) is 10.1. The van der Waals surface area contributed by atoms with Gasteiger partial charge in [0.2, 0.25) is 0 Å². The van der Waals surface area contributed by atoms with Gasteiger partial charge in [-0.1, -0.05) is 0 Å². The Hall–Kier alpha value is -1.76. The van der Waals surface area contributed by atoms with Gasteiger partial charge in [0.1, 0.15) is 9.84 Å². The van der Waals surface area contributed by atoms with Gasteiger partial charge in [-0.3, -0.25) is 0 Å². The summed E-state index contributed by atoms with van der Waals surface area (Å²) in [5, 5.41) is 5.18. The van der Waals surface area contributed by atoms with Crippen molar-refractivity contribution in [1.29, 1.82) is 0 Å². The third kappa shape index (κ3) is 6.09. The Labute approximate surface area is 106 Å². The molecule has 0 spiro atoms. The van der Waals surface area contributed by atoms with Crippen molar-refractivity contribution < 1.29 is 13.2 Å². The quantitative estimate of drug-likeness (QED) is 0.545. The van der Waals surface area contributed by atoms with Gasteiger partial charge in [-0.15, -0.1) is 0 Å². The highest BCUT2D eigenvalue weighted by atomic mass is 32.2. The summed E-state index contributed by atoms with van der Waals surface area (Å²) < 4.78 is 21.7. The third-order valence-corrected chi connectivity index (χ3v) is 3.18. The molecule has 0 aliphatic heterocycles. The van der Waals surface area contributed by atoms with Gasteiger partial charge < -0.3 is 16.4 Å².